The van der Waals surface area contributed by atoms with E-state index >= 15 is 0 Å². The van der Waals surface area contributed by atoms with E-state index in [0.717, 1.165) is 31.3 Å². The molecule has 5 fully saturated rings. The number of fused-ring (bicyclic) bond motifs is 2. The summed E-state index contributed by atoms with van der Waals surface area (Å²) in [7, 11) is 0. The molecule has 0 aromatic carbocycles. The number of allylic oxidation sites excluding steroid dienone is 1. The van der Waals surface area contributed by atoms with Crippen molar-refractivity contribution in [3.8, 4) is 0 Å². The largest absolute Gasteiger partial charge is 0.394 e. The molecule has 4 aliphatic carbocycles. The summed E-state index contributed by atoms with van der Waals surface area (Å²) in [5, 5.41) is 51.1. The van der Waals surface area contributed by atoms with Crippen LogP contribution < -0.4 is 0 Å². The predicted octanol–water partition coefficient (Wildman–Crippen LogP) is 0.920. The molecule has 4 saturated carbocycles. The lowest BCUT2D eigenvalue weighted by Crippen LogP contribution is -2.60. The molecule has 5 rings (SSSR count). The van der Waals surface area contributed by atoms with E-state index in [9.17, 15) is 30.3 Å². The van der Waals surface area contributed by atoms with Gasteiger partial charge in [0, 0.05) is 11.3 Å². The maximum absolute atomic E-state index is 13.5. The van der Waals surface area contributed by atoms with Crippen LogP contribution in [0.3, 0.4) is 0 Å². The Morgan fingerprint density at radius 2 is 1.74 bits per heavy atom. The van der Waals surface area contributed by atoms with Crippen molar-refractivity contribution in [1.82, 2.24) is 0 Å². The Kier molecular flexibility index (Phi) is 5.89. The predicted molar refractivity (Wildman–Crippen MR) is 121 cm³/mol. The molecule has 8 nitrogen and oxygen atoms in total. The average molecular weight is 481 g/mol. The van der Waals surface area contributed by atoms with Crippen LogP contribution in [0.5, 0.6) is 0 Å². The Balaban J connectivity index is 1.41. The minimum Gasteiger partial charge on any atom is -0.394 e. The van der Waals surface area contributed by atoms with Gasteiger partial charge in [-0.15, -0.1) is 0 Å². The normalized spacial score (nSPS) is 54.5. The second-order valence-corrected chi connectivity index (χ2v) is 12.5. The Morgan fingerprint density at radius 3 is 2.41 bits per heavy atom. The van der Waals surface area contributed by atoms with E-state index in [4.69, 9.17) is 9.47 Å². The lowest BCUT2D eigenvalue weighted by atomic mass is 9.48. The number of carbonyl (C=O) groups excluding carboxylic acids is 1. The molecule has 8 heteroatoms. The van der Waals surface area contributed by atoms with Crippen molar-refractivity contribution >= 4 is 5.78 Å². The number of ketones is 1. The van der Waals surface area contributed by atoms with Crippen LogP contribution >= 0.6 is 0 Å². The zero-order valence-corrected chi connectivity index (χ0v) is 20.4. The lowest BCUT2D eigenvalue weighted by Gasteiger charge is -2.55. The van der Waals surface area contributed by atoms with E-state index in [1.807, 2.05) is 20.8 Å². The number of hydrogen-bond acceptors (Lipinski definition) is 8. The molecule has 5 N–H and O–H groups in total. The fourth-order valence-corrected chi connectivity index (χ4v) is 8.28. The van der Waals surface area contributed by atoms with Gasteiger partial charge >= 0.3 is 0 Å². The van der Waals surface area contributed by atoms with Gasteiger partial charge in [0.2, 0.25) is 0 Å². The SMILES string of the molecule is C=C1C2CC(O)C(C)(C)C(=O)C2CC23CC(CCC12)C(C)(OC1OC(CO)C(O)C(O)C1O)C3. The first-order valence-electron chi connectivity index (χ1n) is 12.7. The molecule has 1 saturated heterocycles. The van der Waals surface area contributed by atoms with Crippen LogP contribution in [-0.2, 0) is 14.3 Å². The maximum Gasteiger partial charge on any atom is 0.187 e. The smallest absolute Gasteiger partial charge is 0.187 e. The summed E-state index contributed by atoms with van der Waals surface area (Å²) in [6, 6.07) is 0. The van der Waals surface area contributed by atoms with E-state index in [1.165, 1.54) is 0 Å². The van der Waals surface area contributed by atoms with Crippen molar-refractivity contribution in [3.63, 3.8) is 0 Å². The second kappa shape index (κ2) is 8.07. The van der Waals surface area contributed by atoms with Gasteiger partial charge in [0.1, 0.15) is 30.2 Å². The van der Waals surface area contributed by atoms with Crippen LogP contribution in [0.15, 0.2) is 12.2 Å². The third kappa shape index (κ3) is 3.40. The highest BCUT2D eigenvalue weighted by atomic mass is 16.7. The number of rotatable bonds is 3. The Hall–Kier alpha value is -0.870. The molecular formula is C26H40O8. The number of ether oxygens (including phenoxy) is 2. The Bertz CT molecular complexity index is 856. The van der Waals surface area contributed by atoms with E-state index in [-0.39, 0.29) is 34.9 Å². The molecule has 1 aliphatic heterocycles. The van der Waals surface area contributed by atoms with Crippen molar-refractivity contribution in [2.24, 2.45) is 34.5 Å². The number of hydrogen-bond donors (Lipinski definition) is 5. The number of carbonyl (C=O) groups is 1. The highest BCUT2D eigenvalue weighted by Gasteiger charge is 2.65. The maximum atomic E-state index is 13.5. The summed E-state index contributed by atoms with van der Waals surface area (Å²) in [5.41, 5.74) is -0.469. The fourth-order valence-electron chi connectivity index (χ4n) is 8.28. The molecule has 1 heterocycles. The monoisotopic (exact) mass is 480 g/mol. The lowest BCUT2D eigenvalue weighted by molar-refractivity contribution is -0.329. The van der Waals surface area contributed by atoms with Crippen LogP contribution in [0, 0.1) is 34.5 Å². The molecule has 192 valence electrons. The van der Waals surface area contributed by atoms with E-state index in [0.29, 0.717) is 12.8 Å². The zero-order chi connectivity index (χ0) is 24.8. The summed E-state index contributed by atoms with van der Waals surface area (Å²) < 4.78 is 12.1. The van der Waals surface area contributed by atoms with Crippen LogP contribution in [0.2, 0.25) is 0 Å². The van der Waals surface area contributed by atoms with Crippen molar-refractivity contribution in [3.05, 3.63) is 12.2 Å². The second-order valence-electron chi connectivity index (χ2n) is 12.5. The minimum atomic E-state index is -1.48. The molecule has 0 radical (unpaired) electrons. The van der Waals surface area contributed by atoms with Crippen LogP contribution in [0.1, 0.15) is 59.3 Å². The van der Waals surface area contributed by atoms with Crippen LogP contribution in [0.4, 0.5) is 0 Å². The third-order valence-corrected chi connectivity index (χ3v) is 10.3. The molecule has 1 spiro atoms. The summed E-state index contributed by atoms with van der Waals surface area (Å²) >= 11 is 0. The highest BCUT2D eigenvalue weighted by Crippen LogP contribution is 2.69. The first-order chi connectivity index (χ1) is 15.8. The molecule has 12 atom stereocenters. The molecule has 0 aromatic rings. The molecular weight excluding hydrogens is 440 g/mol. The summed E-state index contributed by atoms with van der Waals surface area (Å²) in [6.07, 6.45) is -2.40. The van der Waals surface area contributed by atoms with Gasteiger partial charge in [-0.1, -0.05) is 26.0 Å². The van der Waals surface area contributed by atoms with E-state index in [2.05, 4.69) is 6.58 Å². The van der Waals surface area contributed by atoms with E-state index in [1.54, 1.807) is 0 Å². The zero-order valence-electron chi connectivity index (χ0n) is 20.4. The fraction of sp³-hybridized carbons (Fsp3) is 0.885. The van der Waals surface area contributed by atoms with Gasteiger partial charge in [0.25, 0.3) is 0 Å². The number of Topliss-reactive ketones (excluding diaryl/α,β-unsaturated/α-hetero) is 1. The number of aliphatic hydroxyl groups is 5. The standard InChI is InChI=1S/C26H40O8/c1-12-14-7-18(28)24(2,3)22(32)15(14)9-26-8-13(5-6-16(12)26)25(4,11-26)34-23-21(31)20(30)19(29)17(10-27)33-23/h13-21,23,27-31H,1,5-11H2,2-4H3. The van der Waals surface area contributed by atoms with Gasteiger partial charge in [-0.2, -0.15) is 0 Å². The van der Waals surface area contributed by atoms with Gasteiger partial charge in [0.05, 0.1) is 18.3 Å². The Morgan fingerprint density at radius 1 is 1.03 bits per heavy atom. The van der Waals surface area contributed by atoms with Crippen molar-refractivity contribution in [2.45, 2.75) is 102 Å². The van der Waals surface area contributed by atoms with Gasteiger partial charge in [0.15, 0.2) is 6.29 Å². The average Bonchev–Trinajstić information content (AvgIpc) is 2.99. The van der Waals surface area contributed by atoms with Crippen LogP contribution in [-0.4, -0.2) is 80.3 Å². The molecule has 0 aromatic heterocycles. The number of aliphatic hydroxyl groups excluding tert-OH is 5. The topological polar surface area (TPSA) is 137 Å². The summed E-state index contributed by atoms with van der Waals surface area (Å²) in [6.45, 7) is 9.67. The van der Waals surface area contributed by atoms with Crippen molar-refractivity contribution in [1.29, 1.82) is 0 Å². The van der Waals surface area contributed by atoms with Gasteiger partial charge < -0.3 is 35.0 Å². The quantitative estimate of drug-likeness (QED) is 0.376. The molecule has 5 aliphatic rings. The minimum absolute atomic E-state index is 0.0147. The molecule has 0 amide bonds. The van der Waals surface area contributed by atoms with Gasteiger partial charge in [-0.05, 0) is 68.6 Å². The summed E-state index contributed by atoms with van der Waals surface area (Å²) in [4.78, 5) is 13.5. The van der Waals surface area contributed by atoms with Crippen molar-refractivity contribution < 1.29 is 39.8 Å². The van der Waals surface area contributed by atoms with Crippen molar-refractivity contribution in [2.75, 3.05) is 6.61 Å². The first kappa shape index (κ1) is 24.8. The Labute approximate surface area is 201 Å². The molecule has 34 heavy (non-hydrogen) atoms. The summed E-state index contributed by atoms with van der Waals surface area (Å²) in [5.74, 6) is 0.427. The van der Waals surface area contributed by atoms with Crippen LogP contribution in [0.25, 0.3) is 0 Å². The first-order valence-corrected chi connectivity index (χ1v) is 12.7. The molecule has 12 unspecified atom stereocenters. The molecule has 2 bridgehead atoms. The van der Waals surface area contributed by atoms with Gasteiger partial charge in [-0.3, -0.25) is 4.79 Å². The van der Waals surface area contributed by atoms with Gasteiger partial charge in [-0.25, -0.2) is 0 Å². The highest BCUT2D eigenvalue weighted by molar-refractivity contribution is 5.88. The third-order valence-electron chi connectivity index (χ3n) is 10.3. The van der Waals surface area contributed by atoms with E-state index < -0.39 is 54.4 Å².